The summed E-state index contributed by atoms with van der Waals surface area (Å²) < 4.78 is 10.7. The fourth-order valence-electron chi connectivity index (χ4n) is 4.51. The summed E-state index contributed by atoms with van der Waals surface area (Å²) >= 11 is 0. The van der Waals surface area contributed by atoms with Gasteiger partial charge in [-0.15, -0.1) is 0 Å². The van der Waals surface area contributed by atoms with Gasteiger partial charge in [-0.05, 0) is 69.5 Å². The highest BCUT2D eigenvalue weighted by atomic mass is 16.6. The Labute approximate surface area is 243 Å². The first-order valence-corrected chi connectivity index (χ1v) is 13.9. The maximum absolute atomic E-state index is 14.3. The number of anilines is 1. The van der Waals surface area contributed by atoms with Gasteiger partial charge in [-0.2, -0.15) is 0 Å². The molecule has 0 fully saturated rings. The van der Waals surface area contributed by atoms with E-state index in [1.807, 2.05) is 68.4 Å². The van der Waals surface area contributed by atoms with Crippen molar-refractivity contribution in [3.8, 4) is 5.75 Å². The number of benzene rings is 3. The molecule has 0 spiro atoms. The standard InChI is InChI=1S/C33H41N3O5/c1-7-20-36(31(38)28(22-24-13-9-8-10-14-24)35-32(39)41-33(3,4)5)29(25-15-11-12-23(2)21-25)30(37)34-26-16-18-27(40-6)19-17-26/h8-19,21,28-29H,7,20,22H2,1-6H3,(H,34,37)(H,35,39). The van der Waals surface area contributed by atoms with Crippen molar-refractivity contribution >= 4 is 23.6 Å². The van der Waals surface area contributed by atoms with Crippen LogP contribution in [0.5, 0.6) is 5.75 Å². The van der Waals surface area contributed by atoms with Gasteiger partial charge in [-0.25, -0.2) is 4.79 Å². The number of nitrogens with zero attached hydrogens (tertiary/aromatic N) is 1. The molecule has 0 aliphatic rings. The number of rotatable bonds is 11. The molecule has 0 aromatic heterocycles. The number of aryl methyl sites for hydroxylation is 1. The van der Waals surface area contributed by atoms with E-state index in [-0.39, 0.29) is 18.2 Å². The van der Waals surface area contributed by atoms with Crippen molar-refractivity contribution < 1.29 is 23.9 Å². The lowest BCUT2D eigenvalue weighted by Gasteiger charge is -2.34. The van der Waals surface area contributed by atoms with E-state index >= 15 is 0 Å². The Balaban J connectivity index is 2.01. The summed E-state index contributed by atoms with van der Waals surface area (Å²) in [4.78, 5) is 42.7. The molecule has 8 nitrogen and oxygen atoms in total. The molecule has 2 atom stereocenters. The molecule has 3 amide bonds. The minimum absolute atomic E-state index is 0.236. The Kier molecular flexibility index (Phi) is 10.9. The second-order valence-electron chi connectivity index (χ2n) is 11.0. The lowest BCUT2D eigenvalue weighted by atomic mass is 9.99. The van der Waals surface area contributed by atoms with Gasteiger partial charge < -0.3 is 25.0 Å². The first-order chi connectivity index (χ1) is 19.5. The van der Waals surface area contributed by atoms with Crippen LogP contribution in [0.1, 0.15) is 56.8 Å². The number of carbonyl (C=O) groups excluding carboxylic acids is 3. The minimum Gasteiger partial charge on any atom is -0.497 e. The summed E-state index contributed by atoms with van der Waals surface area (Å²) in [6.45, 7) is 9.48. The zero-order valence-electron chi connectivity index (χ0n) is 24.8. The summed E-state index contributed by atoms with van der Waals surface area (Å²) in [6.07, 6.45) is 0.145. The third-order valence-corrected chi connectivity index (χ3v) is 6.29. The molecule has 0 aliphatic carbocycles. The Morgan fingerprint density at radius 3 is 2.20 bits per heavy atom. The van der Waals surface area contributed by atoms with Gasteiger partial charge in [0.05, 0.1) is 7.11 Å². The normalized spacial score (nSPS) is 12.5. The molecule has 0 saturated heterocycles. The molecule has 0 bridgehead atoms. The van der Waals surface area contributed by atoms with E-state index in [0.717, 1.165) is 11.1 Å². The average Bonchev–Trinajstić information content (AvgIpc) is 2.92. The Morgan fingerprint density at radius 2 is 1.61 bits per heavy atom. The van der Waals surface area contributed by atoms with E-state index in [4.69, 9.17) is 9.47 Å². The lowest BCUT2D eigenvalue weighted by Crippen LogP contribution is -2.53. The molecule has 218 valence electrons. The Hall–Kier alpha value is -4.33. The molecular formula is C33H41N3O5. The average molecular weight is 560 g/mol. The molecule has 2 unspecified atom stereocenters. The monoisotopic (exact) mass is 559 g/mol. The first kappa shape index (κ1) is 31.2. The van der Waals surface area contributed by atoms with Gasteiger partial charge in [-0.3, -0.25) is 9.59 Å². The molecule has 41 heavy (non-hydrogen) atoms. The van der Waals surface area contributed by atoms with Crippen molar-refractivity contribution in [3.05, 3.63) is 95.6 Å². The van der Waals surface area contributed by atoms with Crippen LogP contribution in [0, 0.1) is 6.92 Å². The maximum atomic E-state index is 14.3. The Morgan fingerprint density at radius 1 is 0.927 bits per heavy atom. The number of amides is 3. The van der Waals surface area contributed by atoms with Gasteiger partial charge in [0.25, 0.3) is 5.91 Å². The van der Waals surface area contributed by atoms with E-state index in [1.54, 1.807) is 57.0 Å². The van der Waals surface area contributed by atoms with Crippen molar-refractivity contribution in [3.63, 3.8) is 0 Å². The van der Waals surface area contributed by atoms with Crippen molar-refractivity contribution in [2.75, 3.05) is 19.0 Å². The molecule has 0 heterocycles. The topological polar surface area (TPSA) is 97.0 Å². The maximum Gasteiger partial charge on any atom is 0.408 e. The van der Waals surface area contributed by atoms with Crippen LogP contribution in [0.2, 0.25) is 0 Å². The van der Waals surface area contributed by atoms with Crippen molar-refractivity contribution in [1.29, 1.82) is 0 Å². The SMILES string of the molecule is CCCN(C(=O)C(Cc1ccccc1)NC(=O)OC(C)(C)C)C(C(=O)Nc1ccc(OC)cc1)c1cccc(C)c1. The van der Waals surface area contributed by atoms with Crippen LogP contribution in [-0.2, 0) is 20.7 Å². The summed E-state index contributed by atoms with van der Waals surface area (Å²) in [5.74, 6) is -0.0748. The van der Waals surface area contributed by atoms with Crippen LogP contribution in [0.4, 0.5) is 10.5 Å². The van der Waals surface area contributed by atoms with E-state index < -0.39 is 23.8 Å². The van der Waals surface area contributed by atoms with Crippen LogP contribution in [0.25, 0.3) is 0 Å². The van der Waals surface area contributed by atoms with Crippen LogP contribution in [-0.4, -0.2) is 48.1 Å². The molecule has 3 aromatic rings. The van der Waals surface area contributed by atoms with Crippen LogP contribution in [0.15, 0.2) is 78.9 Å². The molecule has 2 N–H and O–H groups in total. The summed E-state index contributed by atoms with van der Waals surface area (Å²) in [7, 11) is 1.58. The smallest absolute Gasteiger partial charge is 0.408 e. The van der Waals surface area contributed by atoms with E-state index in [1.165, 1.54) is 0 Å². The van der Waals surface area contributed by atoms with Crippen LogP contribution < -0.4 is 15.4 Å². The third-order valence-electron chi connectivity index (χ3n) is 6.29. The van der Waals surface area contributed by atoms with Crippen LogP contribution in [0.3, 0.4) is 0 Å². The predicted octanol–water partition coefficient (Wildman–Crippen LogP) is 6.06. The number of hydrogen-bond acceptors (Lipinski definition) is 5. The van der Waals surface area contributed by atoms with Crippen molar-refractivity contribution in [2.24, 2.45) is 0 Å². The van der Waals surface area contributed by atoms with Gasteiger partial charge in [0.15, 0.2) is 0 Å². The summed E-state index contributed by atoms with van der Waals surface area (Å²) in [5.41, 5.74) is 2.34. The second-order valence-corrected chi connectivity index (χ2v) is 11.0. The van der Waals surface area contributed by atoms with E-state index in [0.29, 0.717) is 30.0 Å². The predicted molar refractivity (Wildman–Crippen MR) is 161 cm³/mol. The molecule has 3 aromatic carbocycles. The molecular weight excluding hydrogens is 518 g/mol. The summed E-state index contributed by atoms with van der Waals surface area (Å²) in [6, 6.07) is 22.1. The quantitative estimate of drug-likeness (QED) is 0.298. The number of hydrogen-bond donors (Lipinski definition) is 2. The van der Waals surface area contributed by atoms with Gasteiger partial charge in [-0.1, -0.05) is 67.1 Å². The zero-order chi connectivity index (χ0) is 30.0. The number of ether oxygens (including phenoxy) is 2. The summed E-state index contributed by atoms with van der Waals surface area (Å²) in [5, 5.41) is 5.75. The second kappa shape index (κ2) is 14.3. The van der Waals surface area contributed by atoms with Gasteiger partial charge in [0.1, 0.15) is 23.4 Å². The number of nitrogens with one attached hydrogen (secondary N) is 2. The van der Waals surface area contributed by atoms with Gasteiger partial charge in [0, 0.05) is 18.7 Å². The third kappa shape index (κ3) is 9.38. The van der Waals surface area contributed by atoms with E-state index in [2.05, 4.69) is 10.6 Å². The largest absolute Gasteiger partial charge is 0.497 e. The zero-order valence-corrected chi connectivity index (χ0v) is 24.8. The van der Waals surface area contributed by atoms with E-state index in [9.17, 15) is 14.4 Å². The highest BCUT2D eigenvalue weighted by Crippen LogP contribution is 2.27. The minimum atomic E-state index is -0.958. The fourth-order valence-corrected chi connectivity index (χ4v) is 4.51. The lowest BCUT2D eigenvalue weighted by molar-refractivity contribution is -0.140. The molecule has 0 aliphatic heterocycles. The van der Waals surface area contributed by atoms with Gasteiger partial charge in [0.2, 0.25) is 5.91 Å². The number of carbonyl (C=O) groups is 3. The first-order valence-electron chi connectivity index (χ1n) is 13.9. The van der Waals surface area contributed by atoms with Crippen LogP contribution >= 0.6 is 0 Å². The molecule has 0 saturated carbocycles. The number of alkyl carbamates (subject to hydrolysis) is 1. The fraction of sp³-hybridized carbons (Fsp3) is 0.364. The number of methoxy groups -OCH3 is 1. The van der Waals surface area contributed by atoms with Gasteiger partial charge >= 0.3 is 6.09 Å². The molecule has 0 radical (unpaired) electrons. The molecule has 8 heteroatoms. The van der Waals surface area contributed by atoms with Crippen molar-refractivity contribution in [2.45, 2.75) is 65.1 Å². The highest BCUT2D eigenvalue weighted by molar-refractivity contribution is 5.99. The highest BCUT2D eigenvalue weighted by Gasteiger charge is 2.36. The van der Waals surface area contributed by atoms with Crippen molar-refractivity contribution in [1.82, 2.24) is 10.2 Å². The molecule has 3 rings (SSSR count). The Bertz CT molecular complexity index is 1300.